The maximum atomic E-state index is 4.81. The molecule has 0 spiro atoms. The van der Waals surface area contributed by atoms with E-state index in [0.29, 0.717) is 0 Å². The fraction of sp³-hybridized carbons (Fsp3) is 0. The van der Waals surface area contributed by atoms with E-state index in [2.05, 4.69) is 0 Å². The van der Waals surface area contributed by atoms with E-state index < -0.39 is 0 Å². The Kier molecular flexibility index (Phi) is 13.2. The topological polar surface area (TPSA) is 0 Å². The zero-order valence-corrected chi connectivity index (χ0v) is 17.2. The van der Waals surface area contributed by atoms with Gasteiger partial charge in [0.25, 0.3) is 0 Å². The number of benzene rings is 3. The normalized spacial score (nSPS) is 8.18. The van der Waals surface area contributed by atoms with Gasteiger partial charge in [-0.15, -0.1) is 0 Å². The Labute approximate surface area is 166 Å². The minimum Gasteiger partial charge on any atom is -0.780 e. The van der Waals surface area contributed by atoms with Crippen LogP contribution >= 0.6 is 0 Å². The SMILES string of the molecule is [S-]c1ccccc1.[S-]c1ccccc1.[S-]c1ccccc1.[Sn+2]. The van der Waals surface area contributed by atoms with Crippen LogP contribution in [0.1, 0.15) is 0 Å². The van der Waals surface area contributed by atoms with Gasteiger partial charge in [0.05, 0.1) is 0 Å². The van der Waals surface area contributed by atoms with Crippen molar-refractivity contribution in [3.05, 3.63) is 91.0 Å². The molecule has 4 heteroatoms. The van der Waals surface area contributed by atoms with E-state index in [1.54, 1.807) is 0 Å². The molecule has 0 aliphatic carbocycles. The monoisotopic (exact) mass is 447 g/mol. The maximum absolute atomic E-state index is 4.81. The molecule has 110 valence electrons. The van der Waals surface area contributed by atoms with Crippen LogP contribution in [0.2, 0.25) is 0 Å². The number of hydrogen-bond donors (Lipinski definition) is 0. The van der Waals surface area contributed by atoms with Crippen molar-refractivity contribution in [1.29, 1.82) is 0 Å². The molecule has 0 bridgehead atoms. The van der Waals surface area contributed by atoms with Crippen molar-refractivity contribution in [2.24, 2.45) is 0 Å². The molecule has 3 aromatic carbocycles. The van der Waals surface area contributed by atoms with Gasteiger partial charge < -0.3 is 37.9 Å². The average molecular weight is 446 g/mol. The predicted octanol–water partition coefficient (Wildman–Crippen LogP) is 4.40. The van der Waals surface area contributed by atoms with Crippen LogP contribution in [0, 0.1) is 0 Å². The maximum Gasteiger partial charge on any atom is 2.00 e. The summed E-state index contributed by atoms with van der Waals surface area (Å²) in [5.41, 5.74) is 0. The molecule has 0 fully saturated rings. The second-order valence-corrected chi connectivity index (χ2v) is 5.35. The van der Waals surface area contributed by atoms with Gasteiger partial charge >= 0.3 is 23.9 Å². The Hall–Kier alpha value is -0.881. The van der Waals surface area contributed by atoms with E-state index in [1.165, 1.54) is 0 Å². The van der Waals surface area contributed by atoms with E-state index in [9.17, 15) is 0 Å². The van der Waals surface area contributed by atoms with Crippen LogP contribution in [-0.2, 0) is 37.9 Å². The van der Waals surface area contributed by atoms with E-state index in [1.807, 2.05) is 91.0 Å². The van der Waals surface area contributed by atoms with E-state index in [-0.39, 0.29) is 23.9 Å². The first-order chi connectivity index (χ1) is 10.2. The second kappa shape index (κ2) is 13.8. The molecule has 22 heavy (non-hydrogen) atoms. The summed E-state index contributed by atoms with van der Waals surface area (Å²) in [6, 6.07) is 28.8. The summed E-state index contributed by atoms with van der Waals surface area (Å²) >= 11 is 14.4. The Morgan fingerprint density at radius 1 is 0.364 bits per heavy atom. The first-order valence-electron chi connectivity index (χ1n) is 6.34. The standard InChI is InChI=1S/3C6H6S.Sn/c3*7-6-4-2-1-3-5-6;/h3*1-5,7H;/q;;;+2/p-3. The van der Waals surface area contributed by atoms with E-state index in [0.717, 1.165) is 14.7 Å². The largest absolute Gasteiger partial charge is 2.00 e. The fourth-order valence-electron chi connectivity index (χ4n) is 1.26. The van der Waals surface area contributed by atoms with Crippen molar-refractivity contribution in [3.8, 4) is 0 Å². The molecule has 0 saturated carbocycles. The summed E-state index contributed by atoms with van der Waals surface area (Å²) in [6.45, 7) is 0. The predicted molar refractivity (Wildman–Crippen MR) is 102 cm³/mol. The van der Waals surface area contributed by atoms with Crippen LogP contribution in [0.15, 0.2) is 106 Å². The van der Waals surface area contributed by atoms with Gasteiger partial charge in [-0.1, -0.05) is 91.0 Å². The van der Waals surface area contributed by atoms with E-state index >= 15 is 0 Å². The van der Waals surface area contributed by atoms with Gasteiger partial charge in [-0.3, -0.25) is 0 Å². The Bertz CT molecular complexity index is 497. The first-order valence-corrected chi connectivity index (χ1v) is 7.57. The summed E-state index contributed by atoms with van der Waals surface area (Å²) in [4.78, 5) is 2.72. The molecule has 2 radical (unpaired) electrons. The molecule has 0 amide bonds. The molecule has 0 N–H and O–H groups in total. The van der Waals surface area contributed by atoms with Gasteiger partial charge in [-0.05, 0) is 0 Å². The minimum atomic E-state index is 0. The third-order valence-electron chi connectivity index (χ3n) is 2.23. The smallest absolute Gasteiger partial charge is 0.780 e. The molecule has 3 aromatic rings. The minimum absolute atomic E-state index is 0. The summed E-state index contributed by atoms with van der Waals surface area (Å²) in [7, 11) is 0. The quantitative estimate of drug-likeness (QED) is 0.372. The number of hydrogen-bond acceptors (Lipinski definition) is 3. The molecule has 0 nitrogen and oxygen atoms in total. The van der Waals surface area contributed by atoms with Gasteiger partial charge in [-0.2, -0.15) is 14.7 Å². The fourth-order valence-corrected chi connectivity index (χ4v) is 1.73. The first kappa shape index (κ1) is 21.1. The summed E-state index contributed by atoms with van der Waals surface area (Å²) in [5.74, 6) is 0. The third kappa shape index (κ3) is 11.7. The number of rotatable bonds is 0. The van der Waals surface area contributed by atoms with Crippen molar-refractivity contribution < 1.29 is 0 Å². The van der Waals surface area contributed by atoms with Gasteiger partial charge in [0.1, 0.15) is 0 Å². The Morgan fingerprint density at radius 2 is 0.545 bits per heavy atom. The van der Waals surface area contributed by atoms with Gasteiger partial charge in [0.15, 0.2) is 0 Å². The summed E-state index contributed by atoms with van der Waals surface area (Å²) in [5, 5.41) is 0. The summed E-state index contributed by atoms with van der Waals surface area (Å²) < 4.78 is 0. The Balaban J connectivity index is 0.000000294. The summed E-state index contributed by atoms with van der Waals surface area (Å²) in [6.07, 6.45) is 0. The molecule has 0 saturated heterocycles. The molecule has 0 aliphatic rings. The average Bonchev–Trinajstić information content (AvgIpc) is 2.51. The second-order valence-electron chi connectivity index (χ2n) is 3.94. The van der Waals surface area contributed by atoms with Crippen LogP contribution < -0.4 is 0 Å². The molecule has 3 rings (SSSR count). The molecular formula is C18H15S3Sn-. The molecule has 0 aliphatic heterocycles. The van der Waals surface area contributed by atoms with Crippen LogP contribution in [0.4, 0.5) is 0 Å². The zero-order chi connectivity index (χ0) is 15.3. The van der Waals surface area contributed by atoms with Crippen LogP contribution in [-0.4, -0.2) is 23.9 Å². The van der Waals surface area contributed by atoms with Crippen molar-refractivity contribution >= 4 is 61.8 Å². The Morgan fingerprint density at radius 3 is 0.636 bits per heavy atom. The molecule has 0 heterocycles. The van der Waals surface area contributed by atoms with Crippen molar-refractivity contribution in [1.82, 2.24) is 0 Å². The van der Waals surface area contributed by atoms with E-state index in [4.69, 9.17) is 37.9 Å². The van der Waals surface area contributed by atoms with Gasteiger partial charge in [0.2, 0.25) is 0 Å². The van der Waals surface area contributed by atoms with Crippen molar-refractivity contribution in [2.75, 3.05) is 0 Å². The van der Waals surface area contributed by atoms with Crippen molar-refractivity contribution in [3.63, 3.8) is 0 Å². The van der Waals surface area contributed by atoms with Crippen LogP contribution in [0.3, 0.4) is 0 Å². The molecular weight excluding hydrogens is 431 g/mol. The van der Waals surface area contributed by atoms with Gasteiger partial charge in [-0.25, -0.2) is 0 Å². The third-order valence-corrected chi connectivity index (χ3v) is 3.05. The molecule has 0 unspecified atom stereocenters. The van der Waals surface area contributed by atoms with Crippen LogP contribution in [0.5, 0.6) is 0 Å². The van der Waals surface area contributed by atoms with Crippen molar-refractivity contribution in [2.45, 2.75) is 14.7 Å². The molecule has 0 aromatic heterocycles. The van der Waals surface area contributed by atoms with Crippen LogP contribution in [0.25, 0.3) is 0 Å². The van der Waals surface area contributed by atoms with Gasteiger partial charge in [0, 0.05) is 0 Å². The zero-order valence-electron chi connectivity index (χ0n) is 11.9. The molecule has 0 atom stereocenters.